The van der Waals surface area contributed by atoms with Gasteiger partial charge in [0.1, 0.15) is 12.1 Å². The predicted octanol–water partition coefficient (Wildman–Crippen LogP) is -1.88. The summed E-state index contributed by atoms with van der Waals surface area (Å²) in [6.45, 7) is -0.901. The van der Waals surface area contributed by atoms with Crippen LogP contribution in [0.5, 0.6) is 0 Å². The quantitative estimate of drug-likeness (QED) is 0.242. The number of carbonyl (C=O) groups excluding carboxylic acids is 3. The molecule has 25 heavy (non-hydrogen) atoms. The number of carbonyl (C=O) groups is 3. The van der Waals surface area contributed by atoms with E-state index < -0.39 is 36.4 Å². The fourth-order valence-corrected chi connectivity index (χ4v) is 2.37. The second-order valence-electron chi connectivity index (χ2n) is 5.59. The van der Waals surface area contributed by atoms with Gasteiger partial charge in [0.15, 0.2) is 0 Å². The van der Waals surface area contributed by atoms with Gasteiger partial charge in [0.2, 0.25) is 17.7 Å². The number of aromatic amines is 1. The fourth-order valence-electron chi connectivity index (χ4n) is 2.37. The number of hydrogen-bond acceptors (Lipinski definition) is 5. The number of benzene rings is 1. The van der Waals surface area contributed by atoms with Crippen LogP contribution in [-0.2, 0) is 20.8 Å². The Kier molecular flexibility index (Phi) is 6.09. The van der Waals surface area contributed by atoms with Gasteiger partial charge in [0.25, 0.3) is 0 Å². The van der Waals surface area contributed by atoms with Gasteiger partial charge < -0.3 is 32.2 Å². The van der Waals surface area contributed by atoms with E-state index >= 15 is 0 Å². The van der Waals surface area contributed by atoms with Crippen molar-refractivity contribution in [3.05, 3.63) is 36.0 Å². The van der Waals surface area contributed by atoms with Gasteiger partial charge in [-0.25, -0.2) is 0 Å². The van der Waals surface area contributed by atoms with Crippen LogP contribution in [0.15, 0.2) is 30.5 Å². The summed E-state index contributed by atoms with van der Waals surface area (Å²) in [7, 11) is 0. The minimum absolute atomic E-state index is 0.217. The van der Waals surface area contributed by atoms with Gasteiger partial charge in [-0.3, -0.25) is 14.4 Å². The third kappa shape index (κ3) is 4.78. The maximum absolute atomic E-state index is 11.9. The highest BCUT2D eigenvalue weighted by molar-refractivity contribution is 5.91. The summed E-state index contributed by atoms with van der Waals surface area (Å²) in [6, 6.07) is 5.53. The normalized spacial score (nSPS) is 13.2. The minimum atomic E-state index is -1.11. The molecule has 9 heteroatoms. The first-order valence-electron chi connectivity index (χ1n) is 7.70. The maximum atomic E-state index is 11.9. The van der Waals surface area contributed by atoms with E-state index in [0.29, 0.717) is 0 Å². The molecule has 0 bridgehead atoms. The lowest BCUT2D eigenvalue weighted by Gasteiger charge is -2.16. The van der Waals surface area contributed by atoms with Crippen molar-refractivity contribution < 1.29 is 19.5 Å². The van der Waals surface area contributed by atoms with E-state index in [4.69, 9.17) is 16.6 Å². The Labute approximate surface area is 143 Å². The molecule has 1 aromatic carbocycles. The summed E-state index contributed by atoms with van der Waals surface area (Å²) in [6.07, 6.45) is 1.98. The number of aromatic nitrogens is 1. The first-order valence-corrected chi connectivity index (χ1v) is 7.70. The van der Waals surface area contributed by atoms with Crippen molar-refractivity contribution in [1.29, 1.82) is 0 Å². The van der Waals surface area contributed by atoms with Gasteiger partial charge in [0.05, 0.1) is 13.2 Å². The van der Waals surface area contributed by atoms with Crippen LogP contribution in [-0.4, -0.2) is 53.0 Å². The molecule has 0 unspecified atom stereocenters. The number of para-hydroxylation sites is 1. The topological polar surface area (TPSA) is 163 Å². The Morgan fingerprint density at radius 3 is 2.64 bits per heavy atom. The van der Waals surface area contributed by atoms with Crippen LogP contribution < -0.4 is 22.1 Å². The Morgan fingerprint density at radius 1 is 1.24 bits per heavy atom. The largest absolute Gasteiger partial charge is 0.394 e. The van der Waals surface area contributed by atoms with Gasteiger partial charge in [0, 0.05) is 23.5 Å². The van der Waals surface area contributed by atoms with Crippen molar-refractivity contribution >= 4 is 28.6 Å². The van der Waals surface area contributed by atoms with Crippen LogP contribution in [0.1, 0.15) is 5.56 Å². The molecule has 0 aliphatic heterocycles. The Morgan fingerprint density at radius 2 is 1.96 bits per heavy atom. The van der Waals surface area contributed by atoms with Crippen LogP contribution in [0.4, 0.5) is 0 Å². The average molecular weight is 351 g/mol. The molecule has 0 saturated carbocycles. The van der Waals surface area contributed by atoms with E-state index in [1.165, 1.54) is 0 Å². The lowest BCUT2D eigenvalue weighted by atomic mass is 10.0. The molecular weight excluding hydrogens is 330 g/mol. The molecule has 0 fully saturated rings. The van der Waals surface area contributed by atoms with Gasteiger partial charge >= 0.3 is 0 Å². The second kappa shape index (κ2) is 8.27. The standard InChI is InChI=1S/C16H21N5O4/c17-11(8-22)16(25)20-7-14(23)21-13(15(18)24)5-9-6-19-12-4-2-1-3-10(9)12/h1-4,6,11,13,19,22H,5,7-8,17H2,(H2,18,24)(H,20,25)(H,21,23)/t11-,13+/m1/s1/i8+1,11+1,16+1,17+1. The number of nitrogens with one attached hydrogen (secondary N) is 3. The summed E-state index contributed by atoms with van der Waals surface area (Å²) < 4.78 is 0. The molecular formula is C16H21N5O4. The number of nitrogens with two attached hydrogens (primary N) is 2. The molecule has 2 aromatic rings. The highest BCUT2D eigenvalue weighted by Gasteiger charge is 2.21. The molecule has 0 aliphatic rings. The lowest BCUT2D eigenvalue weighted by Crippen LogP contribution is -2.51. The van der Waals surface area contributed by atoms with Gasteiger partial charge in [-0.1, -0.05) is 18.2 Å². The van der Waals surface area contributed by atoms with Gasteiger partial charge in [-0.05, 0) is 11.6 Å². The first kappa shape index (κ1) is 18.4. The summed E-state index contributed by atoms with van der Waals surface area (Å²) in [4.78, 5) is 38.1. The molecule has 8 N–H and O–H groups in total. The zero-order valence-electron chi connectivity index (χ0n) is 13.5. The highest BCUT2D eigenvalue weighted by Crippen LogP contribution is 2.19. The van der Waals surface area contributed by atoms with Gasteiger partial charge in [-0.15, -0.1) is 0 Å². The van der Waals surface area contributed by atoms with E-state index in [0.717, 1.165) is 16.5 Å². The monoisotopic (exact) mass is 351 g/mol. The Bertz CT molecular complexity index is 773. The summed E-state index contributed by atoms with van der Waals surface area (Å²) in [5, 5.41) is 14.5. The van der Waals surface area contributed by atoms with Crippen LogP contribution in [0.2, 0.25) is 0 Å². The molecule has 134 valence electrons. The van der Waals surface area contributed by atoms with E-state index in [9.17, 15) is 14.4 Å². The van der Waals surface area contributed by atoms with Crippen molar-refractivity contribution in [2.45, 2.75) is 18.5 Å². The number of primary amides is 1. The summed E-state index contributed by atoms with van der Waals surface area (Å²) >= 11 is 0. The number of aliphatic hydroxyl groups is 1. The van der Waals surface area contributed by atoms with Crippen molar-refractivity contribution in [2.75, 3.05) is 13.2 Å². The molecule has 0 aliphatic carbocycles. The SMILES string of the molecule is NC(=O)[C@H](Cc1c[nH]c2ccccc12)NC(=O)CN[13C](=O)[13C@H]([15NH2])[13CH2]O. The van der Waals surface area contributed by atoms with E-state index in [1.807, 2.05) is 24.3 Å². The Balaban J connectivity index is 1.98. The zero-order chi connectivity index (χ0) is 18.4. The van der Waals surface area contributed by atoms with E-state index in [1.54, 1.807) is 6.20 Å². The number of aliphatic hydroxyl groups excluding tert-OH is 1. The number of rotatable bonds is 8. The third-order valence-electron chi connectivity index (χ3n) is 3.73. The number of H-pyrrole nitrogens is 1. The van der Waals surface area contributed by atoms with Crippen LogP contribution in [0.3, 0.4) is 0 Å². The average Bonchev–Trinajstić information content (AvgIpc) is 3.01. The number of fused-ring (bicyclic) bond motifs is 1. The smallest absolute Gasteiger partial charge is 0.240 e. The number of hydrogen-bond donors (Lipinski definition) is 6. The molecule has 0 spiro atoms. The summed E-state index contributed by atoms with van der Waals surface area (Å²) in [5.74, 6) is -1.93. The fraction of sp³-hybridized carbons (Fsp3) is 0.312. The second-order valence-corrected chi connectivity index (χ2v) is 5.59. The van der Waals surface area contributed by atoms with Crippen molar-refractivity contribution in [2.24, 2.45) is 11.5 Å². The van der Waals surface area contributed by atoms with Crippen LogP contribution >= 0.6 is 0 Å². The van der Waals surface area contributed by atoms with Gasteiger partial charge in [-0.2, -0.15) is 0 Å². The molecule has 2 atom stereocenters. The third-order valence-corrected chi connectivity index (χ3v) is 3.73. The van der Waals surface area contributed by atoms with E-state index in [-0.39, 0.29) is 13.0 Å². The van der Waals surface area contributed by atoms with Crippen molar-refractivity contribution in [1.82, 2.24) is 15.6 Å². The minimum Gasteiger partial charge on any atom is -0.394 e. The maximum Gasteiger partial charge on any atom is 0.240 e. The lowest BCUT2D eigenvalue weighted by molar-refractivity contribution is -0.129. The summed E-state index contributed by atoms with van der Waals surface area (Å²) in [5.41, 5.74) is 12.4. The van der Waals surface area contributed by atoms with Crippen molar-refractivity contribution in [3.8, 4) is 0 Å². The first-order chi connectivity index (χ1) is 11.9. The molecule has 1 aromatic heterocycles. The molecule has 2 rings (SSSR count). The van der Waals surface area contributed by atoms with Crippen molar-refractivity contribution in [3.63, 3.8) is 0 Å². The number of amides is 3. The molecule has 3 amide bonds. The Hall–Kier alpha value is -2.91. The predicted molar refractivity (Wildman–Crippen MR) is 91.2 cm³/mol. The zero-order valence-corrected chi connectivity index (χ0v) is 13.5. The highest BCUT2D eigenvalue weighted by atomic mass is 16.4. The van der Waals surface area contributed by atoms with Crippen LogP contribution in [0, 0.1) is 0 Å². The molecule has 1 heterocycles. The molecule has 9 nitrogen and oxygen atoms in total. The van der Waals surface area contributed by atoms with Crippen LogP contribution in [0.25, 0.3) is 10.9 Å². The molecule has 0 radical (unpaired) electrons. The van der Waals surface area contributed by atoms with E-state index in [2.05, 4.69) is 15.6 Å². The molecule has 0 saturated heterocycles.